The third-order valence-corrected chi connectivity index (χ3v) is 8.11. The summed E-state index contributed by atoms with van der Waals surface area (Å²) in [7, 11) is -3.81. The third-order valence-electron chi connectivity index (χ3n) is 5.36. The van der Waals surface area contributed by atoms with Gasteiger partial charge in [-0.15, -0.1) is 11.3 Å². The molecule has 2 aromatic carbocycles. The highest BCUT2D eigenvalue weighted by Gasteiger charge is 2.33. The number of hydrogen-bond acceptors (Lipinski definition) is 5. The molecule has 2 N–H and O–H groups in total. The molecule has 0 bridgehead atoms. The molecule has 1 aliphatic heterocycles. The second kappa shape index (κ2) is 9.82. The lowest BCUT2D eigenvalue weighted by Gasteiger charge is -2.31. The average molecular weight is 488 g/mol. The molecule has 1 saturated heterocycles. The summed E-state index contributed by atoms with van der Waals surface area (Å²) in [5.74, 6) is -1.50. The van der Waals surface area contributed by atoms with Crippen LogP contribution in [0.4, 0.5) is 15.8 Å². The van der Waals surface area contributed by atoms with E-state index in [9.17, 15) is 22.4 Å². The molecule has 10 heteroatoms. The molecule has 3 aromatic rings. The molecule has 1 aliphatic rings. The van der Waals surface area contributed by atoms with Crippen molar-refractivity contribution in [2.24, 2.45) is 5.92 Å². The Morgan fingerprint density at radius 1 is 0.970 bits per heavy atom. The van der Waals surface area contributed by atoms with E-state index in [0.717, 1.165) is 12.1 Å². The molecule has 1 unspecified atom stereocenters. The van der Waals surface area contributed by atoms with Crippen LogP contribution in [0.1, 0.15) is 22.5 Å². The number of amides is 2. The van der Waals surface area contributed by atoms with Gasteiger partial charge in [0, 0.05) is 24.5 Å². The summed E-state index contributed by atoms with van der Waals surface area (Å²) in [4.78, 5) is 25.5. The minimum absolute atomic E-state index is 0.00476. The van der Waals surface area contributed by atoms with Crippen molar-refractivity contribution in [1.82, 2.24) is 4.31 Å². The standard InChI is InChI=1S/C23H22FN3O4S2/c24-17-5-11-20(12-6-17)33(30,31)27-13-1-3-16(15-27)22(28)25-18-7-9-19(10-8-18)26-23(29)21-4-2-14-32-21/h2,4-12,14,16H,1,3,13,15H2,(H,25,28)(H,26,29). The van der Waals surface area contributed by atoms with Crippen molar-refractivity contribution in [3.8, 4) is 0 Å². The molecule has 0 spiro atoms. The van der Waals surface area contributed by atoms with Crippen LogP contribution in [0.3, 0.4) is 0 Å². The molecule has 172 valence electrons. The lowest BCUT2D eigenvalue weighted by molar-refractivity contribution is -0.120. The van der Waals surface area contributed by atoms with E-state index in [1.807, 2.05) is 5.38 Å². The molecule has 7 nitrogen and oxygen atoms in total. The fraction of sp³-hybridized carbons (Fsp3) is 0.217. The molecular weight excluding hydrogens is 465 g/mol. The number of carbonyl (C=O) groups is 2. The van der Waals surface area contributed by atoms with Gasteiger partial charge < -0.3 is 10.6 Å². The number of hydrogen-bond donors (Lipinski definition) is 2. The number of anilines is 2. The van der Waals surface area contributed by atoms with Crippen LogP contribution in [0.25, 0.3) is 0 Å². The number of rotatable bonds is 6. The van der Waals surface area contributed by atoms with Crippen molar-refractivity contribution in [1.29, 1.82) is 0 Å². The molecule has 0 radical (unpaired) electrons. The van der Waals surface area contributed by atoms with E-state index in [1.54, 1.807) is 36.4 Å². The van der Waals surface area contributed by atoms with E-state index in [0.29, 0.717) is 35.6 Å². The maximum absolute atomic E-state index is 13.2. The van der Waals surface area contributed by atoms with E-state index < -0.39 is 21.8 Å². The van der Waals surface area contributed by atoms with Gasteiger partial charge in [0.05, 0.1) is 15.7 Å². The highest BCUT2D eigenvalue weighted by atomic mass is 32.2. The van der Waals surface area contributed by atoms with Crippen LogP contribution in [0, 0.1) is 11.7 Å². The summed E-state index contributed by atoms with van der Waals surface area (Å²) in [6, 6.07) is 14.9. The minimum Gasteiger partial charge on any atom is -0.326 e. The summed E-state index contributed by atoms with van der Waals surface area (Å²) in [5, 5.41) is 7.43. The van der Waals surface area contributed by atoms with Crippen molar-refractivity contribution in [2.75, 3.05) is 23.7 Å². The first-order valence-corrected chi connectivity index (χ1v) is 12.7. The lowest BCUT2D eigenvalue weighted by atomic mass is 9.98. The second-order valence-corrected chi connectivity index (χ2v) is 10.5. The molecule has 1 aromatic heterocycles. The van der Waals surface area contributed by atoms with Crippen molar-refractivity contribution < 1.29 is 22.4 Å². The van der Waals surface area contributed by atoms with Gasteiger partial charge >= 0.3 is 0 Å². The molecular formula is C23H22FN3O4S2. The summed E-state index contributed by atoms with van der Waals surface area (Å²) in [6.07, 6.45) is 1.11. The van der Waals surface area contributed by atoms with Crippen LogP contribution in [0.2, 0.25) is 0 Å². The summed E-state index contributed by atoms with van der Waals surface area (Å²) >= 11 is 1.35. The average Bonchev–Trinajstić information content (AvgIpc) is 3.36. The second-order valence-electron chi connectivity index (χ2n) is 7.65. The van der Waals surface area contributed by atoms with Crippen LogP contribution in [-0.2, 0) is 14.8 Å². The number of piperidine rings is 1. The predicted octanol–water partition coefficient (Wildman–Crippen LogP) is 4.18. The number of carbonyl (C=O) groups excluding carboxylic acids is 2. The van der Waals surface area contributed by atoms with Crippen LogP contribution in [-0.4, -0.2) is 37.6 Å². The Morgan fingerprint density at radius 3 is 2.27 bits per heavy atom. The van der Waals surface area contributed by atoms with Crippen molar-refractivity contribution in [3.05, 3.63) is 76.7 Å². The largest absolute Gasteiger partial charge is 0.326 e. The SMILES string of the molecule is O=C(Nc1ccc(NC(=O)C2CCCN(S(=O)(=O)c3ccc(F)cc3)C2)cc1)c1cccs1. The first-order chi connectivity index (χ1) is 15.8. The zero-order valence-corrected chi connectivity index (χ0v) is 19.2. The van der Waals surface area contributed by atoms with Gasteiger partial charge in [0.1, 0.15) is 5.82 Å². The third kappa shape index (κ3) is 5.47. The molecule has 1 fully saturated rings. The van der Waals surface area contributed by atoms with Crippen LogP contribution < -0.4 is 10.6 Å². The van der Waals surface area contributed by atoms with Gasteiger partial charge in [-0.2, -0.15) is 4.31 Å². The van der Waals surface area contributed by atoms with E-state index in [2.05, 4.69) is 10.6 Å². The number of nitrogens with one attached hydrogen (secondary N) is 2. The number of nitrogens with zero attached hydrogens (tertiary/aromatic N) is 1. The van der Waals surface area contributed by atoms with Crippen LogP contribution in [0.15, 0.2) is 70.9 Å². The molecule has 4 rings (SSSR count). The van der Waals surface area contributed by atoms with Gasteiger partial charge in [-0.25, -0.2) is 12.8 Å². The summed E-state index contributed by atoms with van der Waals surface area (Å²) in [6.45, 7) is 0.364. The van der Waals surface area contributed by atoms with Crippen molar-refractivity contribution in [2.45, 2.75) is 17.7 Å². The van der Waals surface area contributed by atoms with Gasteiger partial charge in [0.2, 0.25) is 15.9 Å². The maximum Gasteiger partial charge on any atom is 0.265 e. The number of thiophene rings is 1. The van der Waals surface area contributed by atoms with E-state index in [1.165, 1.54) is 27.8 Å². The molecule has 33 heavy (non-hydrogen) atoms. The van der Waals surface area contributed by atoms with E-state index in [-0.39, 0.29) is 23.3 Å². The van der Waals surface area contributed by atoms with Crippen LogP contribution >= 0.6 is 11.3 Å². The Bertz CT molecular complexity index is 1230. The Hall–Kier alpha value is -3.08. The van der Waals surface area contributed by atoms with Gasteiger partial charge in [-0.1, -0.05) is 6.07 Å². The van der Waals surface area contributed by atoms with Crippen molar-refractivity contribution >= 4 is 44.5 Å². The molecule has 0 saturated carbocycles. The number of halogens is 1. The summed E-state index contributed by atoms with van der Waals surface area (Å²) in [5.41, 5.74) is 1.15. The fourth-order valence-electron chi connectivity index (χ4n) is 3.61. The minimum atomic E-state index is -3.81. The van der Waals surface area contributed by atoms with E-state index >= 15 is 0 Å². The van der Waals surface area contributed by atoms with Gasteiger partial charge in [-0.05, 0) is 72.8 Å². The summed E-state index contributed by atoms with van der Waals surface area (Å²) < 4.78 is 40.2. The smallest absolute Gasteiger partial charge is 0.265 e. The van der Waals surface area contributed by atoms with Gasteiger partial charge in [-0.3, -0.25) is 9.59 Å². The molecule has 0 aliphatic carbocycles. The first-order valence-electron chi connectivity index (χ1n) is 10.3. The normalized spacial score (nSPS) is 16.8. The molecule has 2 amide bonds. The Morgan fingerprint density at radius 2 is 1.64 bits per heavy atom. The zero-order chi connectivity index (χ0) is 23.4. The van der Waals surface area contributed by atoms with Gasteiger partial charge in [0.15, 0.2) is 0 Å². The van der Waals surface area contributed by atoms with Crippen molar-refractivity contribution in [3.63, 3.8) is 0 Å². The molecule has 2 heterocycles. The Balaban J connectivity index is 1.37. The lowest BCUT2D eigenvalue weighted by Crippen LogP contribution is -2.43. The van der Waals surface area contributed by atoms with Crippen LogP contribution in [0.5, 0.6) is 0 Å². The molecule has 1 atom stereocenters. The quantitative estimate of drug-likeness (QED) is 0.545. The number of benzene rings is 2. The first kappa shape index (κ1) is 23.1. The highest BCUT2D eigenvalue weighted by molar-refractivity contribution is 7.89. The van der Waals surface area contributed by atoms with Gasteiger partial charge in [0.25, 0.3) is 5.91 Å². The monoisotopic (exact) mass is 487 g/mol. The predicted molar refractivity (Wildman–Crippen MR) is 125 cm³/mol. The Labute approximate surface area is 195 Å². The Kier molecular flexibility index (Phi) is 6.87. The van der Waals surface area contributed by atoms with E-state index in [4.69, 9.17) is 0 Å². The fourth-order valence-corrected chi connectivity index (χ4v) is 5.75. The number of sulfonamides is 1. The zero-order valence-electron chi connectivity index (χ0n) is 17.5. The topological polar surface area (TPSA) is 95.6 Å². The maximum atomic E-state index is 13.2. The highest BCUT2D eigenvalue weighted by Crippen LogP contribution is 2.25.